The van der Waals surface area contributed by atoms with Gasteiger partial charge in [0.25, 0.3) is 0 Å². The highest BCUT2D eigenvalue weighted by Gasteiger charge is 1.97. The highest BCUT2D eigenvalue weighted by molar-refractivity contribution is 7.40. The van der Waals surface area contributed by atoms with Crippen LogP contribution in [0.4, 0.5) is 0 Å². The van der Waals surface area contributed by atoms with Crippen molar-refractivity contribution in [3.8, 4) is 0 Å². The van der Waals surface area contributed by atoms with Crippen LogP contribution >= 0.6 is 15.6 Å². The van der Waals surface area contributed by atoms with Crippen LogP contribution in [0.15, 0.2) is 11.1 Å². The Morgan fingerprint density at radius 3 is 0.750 bits per heavy atom. The van der Waals surface area contributed by atoms with Crippen molar-refractivity contribution in [1.29, 1.82) is 0 Å². The molecular weight excluding hydrogens is 310 g/mol. The molecule has 0 unspecified atom stereocenters. The molecule has 8 nitrogen and oxygen atoms in total. The molecule has 0 N–H and O–H groups in total. The average molecular weight is 330 g/mol. The number of hydrogen-bond acceptors (Lipinski definition) is 8. The molecule has 0 radical (unpaired) electrons. The van der Waals surface area contributed by atoms with Crippen molar-refractivity contribution in [2.45, 2.75) is 53.4 Å². The molecule has 0 aromatic carbocycles. The predicted octanol–water partition coefficient (Wildman–Crippen LogP) is -1.73. The quantitative estimate of drug-likeness (QED) is 0.432. The molecule has 0 saturated heterocycles. The van der Waals surface area contributed by atoms with E-state index in [1.807, 2.05) is 0 Å². The summed E-state index contributed by atoms with van der Waals surface area (Å²) in [5.41, 5.74) is 3.34. The third-order valence-corrected chi connectivity index (χ3v) is 2.21. The largest absolute Gasteiger partial charge is 0.822 e. The Balaban J connectivity index is -0.000000244. The maximum atomic E-state index is 8.55. The molecule has 10 heteroatoms. The summed E-state index contributed by atoms with van der Waals surface area (Å²) in [7, 11) is -10.8. The van der Waals surface area contributed by atoms with Gasteiger partial charge in [-0.05, 0) is 25.7 Å². The van der Waals surface area contributed by atoms with Crippen LogP contribution in [0.3, 0.4) is 0 Å². The van der Waals surface area contributed by atoms with E-state index in [4.69, 9.17) is 38.5 Å². The summed E-state index contributed by atoms with van der Waals surface area (Å²) in [6.07, 6.45) is 4.97. The lowest BCUT2D eigenvalue weighted by Crippen LogP contribution is -2.24. The average Bonchev–Trinajstić information content (AvgIpc) is 2.21. The Morgan fingerprint density at radius 1 is 0.600 bits per heavy atom. The Hall–Kier alpha value is -0.0400. The number of allylic oxidation sites excluding steroid dienone is 2. The molecule has 0 aromatic heterocycles. The van der Waals surface area contributed by atoms with Gasteiger partial charge in [-0.1, -0.05) is 38.8 Å². The molecule has 0 aliphatic heterocycles. The van der Waals surface area contributed by atoms with Crippen LogP contribution in [0.2, 0.25) is 0 Å². The normalized spacial score (nSPS) is 10.7. The summed E-state index contributed by atoms with van der Waals surface area (Å²) in [6, 6.07) is 0. The minimum atomic E-state index is -5.39. The van der Waals surface area contributed by atoms with Crippen LogP contribution in [-0.2, 0) is 9.13 Å². The van der Waals surface area contributed by atoms with Crippen LogP contribution in [-0.4, -0.2) is 0 Å². The van der Waals surface area contributed by atoms with Gasteiger partial charge < -0.3 is 38.5 Å². The van der Waals surface area contributed by atoms with E-state index in [0.717, 1.165) is 0 Å². The number of phosphoric acid groups is 2. The van der Waals surface area contributed by atoms with Gasteiger partial charge in [0.05, 0.1) is 0 Å². The van der Waals surface area contributed by atoms with E-state index in [2.05, 4.69) is 27.7 Å². The zero-order valence-electron chi connectivity index (χ0n) is 12.0. The maximum Gasteiger partial charge on any atom is -0.0346 e. The molecular formula is C10H20O8P2-6. The lowest BCUT2D eigenvalue weighted by Gasteiger charge is -2.36. The van der Waals surface area contributed by atoms with Crippen LogP contribution in [0, 0.1) is 0 Å². The monoisotopic (exact) mass is 330 g/mol. The third-order valence-electron chi connectivity index (χ3n) is 2.21. The van der Waals surface area contributed by atoms with Gasteiger partial charge in [0.2, 0.25) is 0 Å². The molecule has 0 aliphatic rings. The van der Waals surface area contributed by atoms with Crippen molar-refractivity contribution in [2.24, 2.45) is 0 Å². The molecule has 0 bridgehead atoms. The van der Waals surface area contributed by atoms with Gasteiger partial charge in [0.1, 0.15) is 0 Å². The van der Waals surface area contributed by atoms with Crippen molar-refractivity contribution in [2.75, 3.05) is 0 Å². The fourth-order valence-electron chi connectivity index (χ4n) is 1.50. The third kappa shape index (κ3) is 36.1. The zero-order valence-corrected chi connectivity index (χ0v) is 13.8. The van der Waals surface area contributed by atoms with E-state index in [1.54, 1.807) is 11.1 Å². The second kappa shape index (κ2) is 12.7. The Morgan fingerprint density at radius 2 is 0.700 bits per heavy atom. The van der Waals surface area contributed by atoms with Crippen LogP contribution < -0.4 is 29.4 Å². The van der Waals surface area contributed by atoms with E-state index in [1.165, 1.54) is 25.7 Å². The fourth-order valence-corrected chi connectivity index (χ4v) is 1.50. The second-order valence-corrected chi connectivity index (χ2v) is 5.30. The molecule has 20 heavy (non-hydrogen) atoms. The second-order valence-electron chi connectivity index (χ2n) is 3.52. The molecule has 0 atom stereocenters. The first-order valence-corrected chi connectivity index (χ1v) is 8.87. The van der Waals surface area contributed by atoms with Gasteiger partial charge >= 0.3 is 0 Å². The summed E-state index contributed by atoms with van der Waals surface area (Å²) in [5, 5.41) is 0. The van der Waals surface area contributed by atoms with E-state index in [9.17, 15) is 0 Å². The molecule has 0 aromatic rings. The van der Waals surface area contributed by atoms with Crippen molar-refractivity contribution in [3.05, 3.63) is 11.1 Å². The summed E-state index contributed by atoms with van der Waals surface area (Å²) in [6.45, 7) is 9.02. The van der Waals surface area contributed by atoms with Gasteiger partial charge in [-0.25, -0.2) is 0 Å². The lowest BCUT2D eigenvalue weighted by molar-refractivity contribution is -0.434. The number of hydrogen-bond donors (Lipinski definition) is 0. The van der Waals surface area contributed by atoms with Gasteiger partial charge in [0, 0.05) is 0 Å². The van der Waals surface area contributed by atoms with E-state index < -0.39 is 15.6 Å². The molecule has 124 valence electrons. The maximum absolute atomic E-state index is 8.55. The predicted molar refractivity (Wildman–Crippen MR) is 63.4 cm³/mol. The summed E-state index contributed by atoms with van der Waals surface area (Å²) in [4.78, 5) is 51.3. The number of rotatable bonds is 4. The van der Waals surface area contributed by atoms with E-state index in [0.29, 0.717) is 0 Å². The molecule has 0 saturated carbocycles. The van der Waals surface area contributed by atoms with Crippen LogP contribution in [0.25, 0.3) is 0 Å². The first-order chi connectivity index (χ1) is 8.79. The van der Waals surface area contributed by atoms with Crippen molar-refractivity contribution in [3.63, 3.8) is 0 Å². The molecule has 0 aliphatic carbocycles. The van der Waals surface area contributed by atoms with E-state index >= 15 is 0 Å². The Kier molecular flexibility index (Phi) is 15.8. The minimum absolute atomic E-state index is 1.24. The lowest BCUT2D eigenvalue weighted by atomic mass is 9.99. The summed E-state index contributed by atoms with van der Waals surface area (Å²) >= 11 is 0. The summed E-state index contributed by atoms with van der Waals surface area (Å²) in [5.74, 6) is 0. The van der Waals surface area contributed by atoms with Gasteiger partial charge in [0.15, 0.2) is 0 Å². The highest BCUT2D eigenvalue weighted by atomic mass is 31.2. The van der Waals surface area contributed by atoms with Crippen molar-refractivity contribution < 1.29 is 38.5 Å². The topological polar surface area (TPSA) is 172 Å². The first kappa shape index (κ1) is 24.9. The van der Waals surface area contributed by atoms with Crippen molar-refractivity contribution in [1.82, 2.24) is 0 Å². The minimum Gasteiger partial charge on any atom is -0.822 e. The fraction of sp³-hybridized carbons (Fsp3) is 0.800. The smallest absolute Gasteiger partial charge is 0.0346 e. The van der Waals surface area contributed by atoms with Crippen LogP contribution in [0.5, 0.6) is 0 Å². The first-order valence-electron chi connectivity index (χ1n) is 5.95. The van der Waals surface area contributed by atoms with Gasteiger partial charge in [-0.3, -0.25) is 0 Å². The SMILES string of the molecule is CCC(CC)=C(CC)CC.O=P([O-])([O-])[O-].O=P([O-])([O-])[O-]. The zero-order chi connectivity index (χ0) is 17.0. The molecule has 0 amide bonds. The standard InChI is InChI=1S/C10H20.2H3O4P/c1-5-9(6-2)10(7-3)8-4;2*1-5(2,3)4/h5-8H2,1-4H3;2*(H3,1,2,3,4)/p-6. The Labute approximate surface area is 119 Å². The molecule has 0 fully saturated rings. The van der Waals surface area contributed by atoms with Crippen molar-refractivity contribution >= 4 is 15.6 Å². The van der Waals surface area contributed by atoms with Gasteiger partial charge in [-0.15, -0.1) is 0 Å². The van der Waals surface area contributed by atoms with Crippen LogP contribution in [0.1, 0.15) is 53.4 Å². The van der Waals surface area contributed by atoms with E-state index in [-0.39, 0.29) is 0 Å². The highest BCUT2D eigenvalue weighted by Crippen LogP contribution is 2.17. The molecule has 0 spiro atoms. The summed E-state index contributed by atoms with van der Waals surface area (Å²) < 4.78 is 17.1. The van der Waals surface area contributed by atoms with Gasteiger partial charge in [-0.2, -0.15) is 15.6 Å². The Bertz CT molecular complexity index is 292. The molecule has 0 heterocycles. The molecule has 0 rings (SSSR count).